The van der Waals surface area contributed by atoms with Crippen LogP contribution in [-0.2, 0) is 12.8 Å². The molecule has 0 aliphatic rings. The molecule has 0 bridgehead atoms. The van der Waals surface area contributed by atoms with Gasteiger partial charge in [0.15, 0.2) is 0 Å². The third-order valence-corrected chi connectivity index (χ3v) is 2.31. The van der Waals surface area contributed by atoms with Crippen molar-refractivity contribution in [3.63, 3.8) is 0 Å². The van der Waals surface area contributed by atoms with Crippen LogP contribution in [0.4, 0.5) is 0 Å². The number of benzene rings is 1. The molecule has 0 aliphatic carbocycles. The van der Waals surface area contributed by atoms with E-state index in [9.17, 15) is 0 Å². The average molecular weight is 190 g/mol. The molecule has 0 spiro atoms. The molecule has 0 atom stereocenters. The molecule has 14 heavy (non-hydrogen) atoms. The minimum absolute atomic E-state index is 0.756. The minimum Gasteiger partial charge on any atom is -0.0625 e. The smallest absolute Gasteiger partial charge is 0.0256 e. The largest absolute Gasteiger partial charge is 0.0625 e. The van der Waals surface area contributed by atoms with E-state index in [4.69, 9.17) is 0 Å². The monoisotopic (exact) mass is 190 g/mol. The molecule has 0 saturated heterocycles. The predicted octanol–water partition coefficient (Wildman–Crippen LogP) is 4.08. The Kier molecular flexibility index (Phi) is 4.19. The summed E-state index contributed by atoms with van der Waals surface area (Å²) in [5.74, 6) is 1.51. The third kappa shape index (κ3) is 3.95. The van der Waals surface area contributed by atoms with Crippen molar-refractivity contribution in [1.29, 1.82) is 0 Å². The summed E-state index contributed by atoms with van der Waals surface area (Å²) in [4.78, 5) is 0. The fourth-order valence-electron chi connectivity index (χ4n) is 1.75. The van der Waals surface area contributed by atoms with Gasteiger partial charge in [0.2, 0.25) is 0 Å². The van der Waals surface area contributed by atoms with E-state index in [0.29, 0.717) is 0 Å². The van der Waals surface area contributed by atoms with Gasteiger partial charge < -0.3 is 0 Å². The van der Waals surface area contributed by atoms with E-state index in [2.05, 4.69) is 52.0 Å². The molecule has 0 aliphatic heterocycles. The Morgan fingerprint density at radius 2 is 1.00 bits per heavy atom. The van der Waals surface area contributed by atoms with Crippen LogP contribution in [0.25, 0.3) is 0 Å². The Balaban J connectivity index is 2.59. The van der Waals surface area contributed by atoms with Gasteiger partial charge in [-0.05, 0) is 35.8 Å². The molecule has 0 amide bonds. The van der Waals surface area contributed by atoms with Crippen molar-refractivity contribution in [3.05, 3.63) is 35.4 Å². The van der Waals surface area contributed by atoms with E-state index in [1.54, 1.807) is 0 Å². The molecule has 0 heteroatoms. The van der Waals surface area contributed by atoms with E-state index in [1.165, 1.54) is 24.0 Å². The topological polar surface area (TPSA) is 0 Å². The van der Waals surface area contributed by atoms with Gasteiger partial charge in [-0.3, -0.25) is 0 Å². The average Bonchev–Trinajstić information content (AvgIpc) is 2.06. The summed E-state index contributed by atoms with van der Waals surface area (Å²) in [6.45, 7) is 9.06. The van der Waals surface area contributed by atoms with Crippen molar-refractivity contribution in [2.45, 2.75) is 40.5 Å². The molecule has 0 aromatic heterocycles. The van der Waals surface area contributed by atoms with Gasteiger partial charge in [0.1, 0.15) is 0 Å². The summed E-state index contributed by atoms with van der Waals surface area (Å²) in [6.07, 6.45) is 2.39. The second-order valence-electron chi connectivity index (χ2n) is 5.01. The Morgan fingerprint density at radius 1 is 0.714 bits per heavy atom. The van der Waals surface area contributed by atoms with Crippen LogP contribution in [-0.4, -0.2) is 0 Å². The van der Waals surface area contributed by atoms with Gasteiger partial charge in [-0.2, -0.15) is 0 Å². The maximum atomic E-state index is 2.28. The minimum atomic E-state index is 0.756. The standard InChI is InChI=1S/C14H22/c1-11(2)9-13-5-7-14(8-6-13)10-12(3)4/h5-8,11-12H,9-10H2,1-4H3. The molecule has 0 N–H and O–H groups in total. The van der Waals surface area contributed by atoms with Gasteiger partial charge in [-0.25, -0.2) is 0 Å². The van der Waals surface area contributed by atoms with Crippen molar-refractivity contribution in [2.75, 3.05) is 0 Å². The summed E-state index contributed by atoms with van der Waals surface area (Å²) in [5, 5.41) is 0. The zero-order valence-corrected chi connectivity index (χ0v) is 9.88. The first-order valence-electron chi connectivity index (χ1n) is 5.65. The molecule has 0 nitrogen and oxygen atoms in total. The van der Waals surface area contributed by atoms with Crippen molar-refractivity contribution in [2.24, 2.45) is 11.8 Å². The predicted molar refractivity (Wildman–Crippen MR) is 63.5 cm³/mol. The Bertz CT molecular complexity index is 225. The normalized spacial score (nSPS) is 11.3. The van der Waals surface area contributed by atoms with Crippen LogP contribution in [0.3, 0.4) is 0 Å². The van der Waals surface area contributed by atoms with Crippen LogP contribution in [0.2, 0.25) is 0 Å². The van der Waals surface area contributed by atoms with Crippen molar-refractivity contribution in [1.82, 2.24) is 0 Å². The van der Waals surface area contributed by atoms with Crippen LogP contribution in [0.1, 0.15) is 38.8 Å². The molecule has 1 rings (SSSR count). The lowest BCUT2D eigenvalue weighted by Gasteiger charge is -2.08. The molecule has 1 aromatic rings. The van der Waals surface area contributed by atoms with E-state index >= 15 is 0 Å². The molecule has 0 unspecified atom stereocenters. The molecule has 1 aromatic carbocycles. The maximum absolute atomic E-state index is 2.28. The molecule has 78 valence electrons. The quantitative estimate of drug-likeness (QED) is 0.671. The van der Waals surface area contributed by atoms with E-state index < -0.39 is 0 Å². The van der Waals surface area contributed by atoms with Gasteiger partial charge in [-0.15, -0.1) is 0 Å². The van der Waals surface area contributed by atoms with Crippen molar-refractivity contribution >= 4 is 0 Å². The van der Waals surface area contributed by atoms with Crippen LogP contribution in [0, 0.1) is 11.8 Å². The first kappa shape index (κ1) is 11.3. The molecule has 0 heterocycles. The SMILES string of the molecule is CC(C)Cc1ccc(CC(C)C)cc1. The fraction of sp³-hybridized carbons (Fsp3) is 0.571. The molecule has 0 radical (unpaired) electrons. The molecular weight excluding hydrogens is 168 g/mol. The molecule has 0 fully saturated rings. The van der Waals surface area contributed by atoms with Crippen LogP contribution >= 0.6 is 0 Å². The first-order valence-corrected chi connectivity index (χ1v) is 5.65. The lowest BCUT2D eigenvalue weighted by Crippen LogP contribution is -1.96. The highest BCUT2D eigenvalue weighted by Gasteiger charge is 1.99. The zero-order chi connectivity index (χ0) is 10.6. The van der Waals surface area contributed by atoms with Gasteiger partial charge in [0.25, 0.3) is 0 Å². The van der Waals surface area contributed by atoms with Crippen LogP contribution in [0.5, 0.6) is 0 Å². The van der Waals surface area contributed by atoms with E-state index in [1.807, 2.05) is 0 Å². The van der Waals surface area contributed by atoms with Crippen molar-refractivity contribution < 1.29 is 0 Å². The van der Waals surface area contributed by atoms with Crippen molar-refractivity contribution in [3.8, 4) is 0 Å². The van der Waals surface area contributed by atoms with Gasteiger partial charge in [0.05, 0.1) is 0 Å². The second-order valence-corrected chi connectivity index (χ2v) is 5.01. The van der Waals surface area contributed by atoms with Gasteiger partial charge >= 0.3 is 0 Å². The fourth-order valence-corrected chi connectivity index (χ4v) is 1.75. The van der Waals surface area contributed by atoms with E-state index in [0.717, 1.165) is 11.8 Å². The van der Waals surface area contributed by atoms with Crippen LogP contribution < -0.4 is 0 Å². The third-order valence-electron chi connectivity index (χ3n) is 2.31. The maximum Gasteiger partial charge on any atom is -0.0256 e. The molecular formula is C14H22. The summed E-state index contributed by atoms with van der Waals surface area (Å²) in [7, 11) is 0. The summed E-state index contributed by atoms with van der Waals surface area (Å²) in [5.41, 5.74) is 2.93. The summed E-state index contributed by atoms with van der Waals surface area (Å²) >= 11 is 0. The Labute approximate surface area is 88.4 Å². The Hall–Kier alpha value is -0.780. The highest BCUT2D eigenvalue weighted by molar-refractivity contribution is 5.23. The second kappa shape index (κ2) is 5.19. The van der Waals surface area contributed by atoms with E-state index in [-0.39, 0.29) is 0 Å². The highest BCUT2D eigenvalue weighted by Crippen LogP contribution is 2.12. The Morgan fingerprint density at radius 3 is 1.21 bits per heavy atom. The molecule has 0 saturated carbocycles. The van der Waals surface area contributed by atoms with Gasteiger partial charge in [-0.1, -0.05) is 52.0 Å². The first-order chi connectivity index (χ1) is 6.58. The highest BCUT2D eigenvalue weighted by atomic mass is 14.1. The summed E-state index contributed by atoms with van der Waals surface area (Å²) < 4.78 is 0. The number of hydrogen-bond acceptors (Lipinski definition) is 0. The zero-order valence-electron chi connectivity index (χ0n) is 9.88. The van der Waals surface area contributed by atoms with Gasteiger partial charge in [0, 0.05) is 0 Å². The number of rotatable bonds is 4. The lowest BCUT2D eigenvalue weighted by molar-refractivity contribution is 0.640. The summed E-state index contributed by atoms with van der Waals surface area (Å²) in [6, 6.07) is 9.10. The number of hydrogen-bond donors (Lipinski definition) is 0. The lowest BCUT2D eigenvalue weighted by atomic mass is 9.98. The van der Waals surface area contributed by atoms with Crippen LogP contribution in [0.15, 0.2) is 24.3 Å².